The van der Waals surface area contributed by atoms with Crippen LogP contribution in [0.2, 0.25) is 0 Å². The number of nitrogens with one attached hydrogen (secondary N) is 2. The molecule has 5 heteroatoms. The highest BCUT2D eigenvalue weighted by atomic mass is 35.5. The zero-order valence-corrected chi connectivity index (χ0v) is 11.8. The van der Waals surface area contributed by atoms with Crippen LogP contribution in [0.15, 0.2) is 18.2 Å². The number of ether oxygens (including phenoxy) is 1. The molecule has 1 aliphatic carbocycles. The van der Waals surface area contributed by atoms with Gasteiger partial charge in [0.25, 0.3) is 0 Å². The molecular formula is C14H19ClN2O2. The fourth-order valence-electron chi connectivity index (χ4n) is 2.73. The largest absolute Gasteiger partial charge is 0.496 e. The third-order valence-corrected chi connectivity index (χ3v) is 3.92. The highest BCUT2D eigenvalue weighted by molar-refractivity contribution is 5.85. The molecule has 104 valence electrons. The highest BCUT2D eigenvalue weighted by Crippen LogP contribution is 2.36. The van der Waals surface area contributed by atoms with E-state index in [2.05, 4.69) is 16.7 Å². The van der Waals surface area contributed by atoms with Crippen LogP contribution in [0, 0.1) is 5.92 Å². The van der Waals surface area contributed by atoms with Crippen LogP contribution in [-0.2, 0) is 11.2 Å². The number of halogens is 1. The molecule has 0 bridgehead atoms. The molecule has 0 aromatic heterocycles. The van der Waals surface area contributed by atoms with Crippen molar-refractivity contribution in [2.75, 3.05) is 20.2 Å². The molecule has 1 atom stereocenters. The topological polar surface area (TPSA) is 50.4 Å². The molecule has 19 heavy (non-hydrogen) atoms. The number of hydrogen-bond acceptors (Lipinski definition) is 3. The van der Waals surface area contributed by atoms with Gasteiger partial charge < -0.3 is 15.4 Å². The Kier molecular flexibility index (Phi) is 4.32. The first-order valence-corrected chi connectivity index (χ1v) is 6.46. The summed E-state index contributed by atoms with van der Waals surface area (Å²) in [5, 5.41) is 6.28. The summed E-state index contributed by atoms with van der Waals surface area (Å²) in [5.41, 5.74) is 2.46. The Morgan fingerprint density at radius 2 is 2.21 bits per heavy atom. The zero-order valence-electron chi connectivity index (χ0n) is 10.9. The van der Waals surface area contributed by atoms with E-state index in [4.69, 9.17) is 4.74 Å². The SMILES string of the molecule is COc1cccc2c1CCC2NC(=O)C1CNC1.Cl. The van der Waals surface area contributed by atoms with Crippen molar-refractivity contribution >= 4 is 18.3 Å². The number of carbonyl (C=O) groups excluding carboxylic acids is 1. The number of rotatable bonds is 3. The predicted molar refractivity (Wildman–Crippen MR) is 75.8 cm³/mol. The third kappa shape index (κ3) is 2.55. The van der Waals surface area contributed by atoms with Crippen LogP contribution in [0.5, 0.6) is 5.75 Å². The molecule has 3 rings (SSSR count). The minimum Gasteiger partial charge on any atom is -0.496 e. The second-order valence-corrected chi connectivity index (χ2v) is 4.98. The van der Waals surface area contributed by atoms with Gasteiger partial charge in [0.15, 0.2) is 0 Å². The lowest BCUT2D eigenvalue weighted by atomic mass is 10.0. The van der Waals surface area contributed by atoms with E-state index in [1.54, 1.807) is 7.11 Å². The molecule has 2 aliphatic rings. The van der Waals surface area contributed by atoms with Gasteiger partial charge in [-0.05, 0) is 30.0 Å². The van der Waals surface area contributed by atoms with Gasteiger partial charge in [-0.1, -0.05) is 12.1 Å². The zero-order chi connectivity index (χ0) is 12.5. The van der Waals surface area contributed by atoms with Crippen molar-refractivity contribution in [3.05, 3.63) is 29.3 Å². The van der Waals surface area contributed by atoms with Crippen LogP contribution in [0.25, 0.3) is 0 Å². The average molecular weight is 283 g/mol. The first-order chi connectivity index (χ1) is 8.79. The Morgan fingerprint density at radius 3 is 2.84 bits per heavy atom. The van der Waals surface area contributed by atoms with Gasteiger partial charge in [0, 0.05) is 13.1 Å². The minimum atomic E-state index is 0. The standard InChI is InChI=1S/C14H18N2O2.ClH/c1-18-13-4-2-3-10-11(13)5-6-12(10)16-14(17)9-7-15-8-9;/h2-4,9,12,15H,5-8H2,1H3,(H,16,17);1H. The maximum Gasteiger partial charge on any atom is 0.226 e. The molecule has 0 spiro atoms. The van der Waals surface area contributed by atoms with Gasteiger partial charge in [0.1, 0.15) is 5.75 Å². The average Bonchev–Trinajstić information content (AvgIpc) is 2.70. The molecule has 0 radical (unpaired) electrons. The molecule has 1 aliphatic heterocycles. The molecule has 1 heterocycles. The molecule has 1 amide bonds. The van der Waals surface area contributed by atoms with E-state index in [0.29, 0.717) is 0 Å². The lowest BCUT2D eigenvalue weighted by Crippen LogP contribution is -2.51. The molecule has 2 N–H and O–H groups in total. The highest BCUT2D eigenvalue weighted by Gasteiger charge is 2.30. The van der Waals surface area contributed by atoms with Gasteiger partial charge in [-0.15, -0.1) is 12.4 Å². The van der Waals surface area contributed by atoms with E-state index in [0.717, 1.165) is 31.7 Å². The number of hydrogen-bond donors (Lipinski definition) is 2. The van der Waals surface area contributed by atoms with Crippen molar-refractivity contribution in [2.24, 2.45) is 5.92 Å². The Bertz CT molecular complexity index is 475. The maximum atomic E-state index is 12.0. The smallest absolute Gasteiger partial charge is 0.226 e. The molecule has 1 fully saturated rings. The summed E-state index contributed by atoms with van der Waals surface area (Å²) >= 11 is 0. The summed E-state index contributed by atoms with van der Waals surface area (Å²) in [5.74, 6) is 1.27. The molecule has 0 saturated carbocycles. The molecule has 1 aromatic rings. The van der Waals surface area contributed by atoms with Gasteiger partial charge in [-0.3, -0.25) is 4.79 Å². The fraction of sp³-hybridized carbons (Fsp3) is 0.500. The van der Waals surface area contributed by atoms with Gasteiger partial charge in [-0.2, -0.15) is 0 Å². The van der Waals surface area contributed by atoms with Crippen molar-refractivity contribution in [3.63, 3.8) is 0 Å². The Balaban J connectivity index is 0.00000133. The van der Waals surface area contributed by atoms with Crippen LogP contribution >= 0.6 is 12.4 Å². The number of fused-ring (bicyclic) bond motifs is 1. The molecule has 1 aromatic carbocycles. The lowest BCUT2D eigenvalue weighted by Gasteiger charge is -2.27. The summed E-state index contributed by atoms with van der Waals surface area (Å²) in [6.07, 6.45) is 1.95. The van der Waals surface area contributed by atoms with E-state index in [1.807, 2.05) is 12.1 Å². The van der Waals surface area contributed by atoms with Crippen molar-refractivity contribution in [3.8, 4) is 5.75 Å². The summed E-state index contributed by atoms with van der Waals surface area (Å²) in [4.78, 5) is 12.0. The van der Waals surface area contributed by atoms with Gasteiger partial charge in [0.2, 0.25) is 5.91 Å². The van der Waals surface area contributed by atoms with Crippen molar-refractivity contribution in [1.29, 1.82) is 0 Å². The van der Waals surface area contributed by atoms with E-state index >= 15 is 0 Å². The molecule has 4 nitrogen and oxygen atoms in total. The Labute approximate surface area is 119 Å². The number of carbonyl (C=O) groups is 1. The van der Waals surface area contributed by atoms with Crippen LogP contribution in [0.4, 0.5) is 0 Å². The van der Waals surface area contributed by atoms with E-state index in [9.17, 15) is 4.79 Å². The number of benzene rings is 1. The predicted octanol–water partition coefficient (Wildman–Crippen LogP) is 1.44. The van der Waals surface area contributed by atoms with Crippen LogP contribution < -0.4 is 15.4 Å². The van der Waals surface area contributed by atoms with Crippen molar-refractivity contribution < 1.29 is 9.53 Å². The lowest BCUT2D eigenvalue weighted by molar-refractivity contribution is -0.127. The Morgan fingerprint density at radius 1 is 1.42 bits per heavy atom. The van der Waals surface area contributed by atoms with Gasteiger partial charge in [-0.25, -0.2) is 0 Å². The second-order valence-electron chi connectivity index (χ2n) is 4.98. The van der Waals surface area contributed by atoms with Crippen LogP contribution in [-0.4, -0.2) is 26.1 Å². The summed E-state index contributed by atoms with van der Waals surface area (Å²) in [7, 11) is 1.70. The monoisotopic (exact) mass is 282 g/mol. The fourth-order valence-corrected chi connectivity index (χ4v) is 2.73. The third-order valence-electron chi connectivity index (χ3n) is 3.92. The van der Waals surface area contributed by atoms with Crippen LogP contribution in [0.3, 0.4) is 0 Å². The first kappa shape index (κ1) is 14.2. The van der Waals surface area contributed by atoms with E-state index < -0.39 is 0 Å². The Hall–Kier alpha value is -1.26. The van der Waals surface area contributed by atoms with E-state index in [1.165, 1.54) is 11.1 Å². The number of amides is 1. The van der Waals surface area contributed by atoms with Gasteiger partial charge in [0.05, 0.1) is 19.1 Å². The maximum absolute atomic E-state index is 12.0. The van der Waals surface area contributed by atoms with Crippen molar-refractivity contribution in [2.45, 2.75) is 18.9 Å². The van der Waals surface area contributed by atoms with Crippen LogP contribution in [0.1, 0.15) is 23.6 Å². The molecule has 1 unspecified atom stereocenters. The van der Waals surface area contributed by atoms with Gasteiger partial charge >= 0.3 is 0 Å². The molecule has 1 saturated heterocycles. The summed E-state index contributed by atoms with van der Waals surface area (Å²) < 4.78 is 5.37. The van der Waals surface area contributed by atoms with E-state index in [-0.39, 0.29) is 30.3 Å². The number of methoxy groups -OCH3 is 1. The second kappa shape index (κ2) is 5.80. The first-order valence-electron chi connectivity index (χ1n) is 6.46. The normalized spacial score (nSPS) is 21.0. The molecular weight excluding hydrogens is 264 g/mol. The summed E-state index contributed by atoms with van der Waals surface area (Å²) in [6, 6.07) is 6.23. The minimum absolute atomic E-state index is 0. The summed E-state index contributed by atoms with van der Waals surface area (Å²) in [6.45, 7) is 1.62. The van der Waals surface area contributed by atoms with Crippen molar-refractivity contribution in [1.82, 2.24) is 10.6 Å². The quantitative estimate of drug-likeness (QED) is 0.882.